The minimum absolute atomic E-state index is 0.0736. The van der Waals surface area contributed by atoms with Gasteiger partial charge >= 0.3 is 0 Å². The summed E-state index contributed by atoms with van der Waals surface area (Å²) in [6.07, 6.45) is 1.02. The van der Waals surface area contributed by atoms with Crippen molar-refractivity contribution in [3.05, 3.63) is 39.4 Å². The van der Waals surface area contributed by atoms with Crippen LogP contribution in [0.3, 0.4) is 0 Å². The smallest absolute Gasteiger partial charge is 0.243 e. The van der Waals surface area contributed by atoms with Crippen molar-refractivity contribution >= 4 is 32.4 Å². The molecule has 0 radical (unpaired) electrons. The molecular formula is C22H31N3O3S2. The molecule has 6 nitrogen and oxygen atoms in total. The average Bonchev–Trinajstić information content (AvgIpc) is 3.15. The predicted octanol–water partition coefficient (Wildman–Crippen LogP) is 4.54. The van der Waals surface area contributed by atoms with Gasteiger partial charge in [-0.1, -0.05) is 19.9 Å². The maximum absolute atomic E-state index is 13.4. The molecule has 164 valence electrons. The molecule has 30 heavy (non-hydrogen) atoms. The van der Waals surface area contributed by atoms with E-state index in [1.165, 1.54) is 15.6 Å². The Labute approximate surface area is 183 Å². The van der Waals surface area contributed by atoms with Crippen molar-refractivity contribution in [3.63, 3.8) is 0 Å². The lowest BCUT2D eigenvalue weighted by molar-refractivity contribution is -0.120. The first-order chi connectivity index (χ1) is 14.0. The highest BCUT2D eigenvalue weighted by molar-refractivity contribution is 7.89. The zero-order valence-electron chi connectivity index (χ0n) is 18.6. The third kappa shape index (κ3) is 4.45. The summed E-state index contributed by atoms with van der Waals surface area (Å²) in [6, 6.07) is 2.03. The minimum Gasteiger partial charge on any atom is -0.302 e. The number of amides is 1. The summed E-state index contributed by atoms with van der Waals surface area (Å²) in [5.74, 6) is 0.0391. The molecule has 2 heterocycles. The first-order valence-electron chi connectivity index (χ1n) is 10.4. The van der Waals surface area contributed by atoms with Gasteiger partial charge in [-0.05, 0) is 68.7 Å². The van der Waals surface area contributed by atoms with Gasteiger partial charge in [-0.15, -0.1) is 11.3 Å². The second kappa shape index (κ2) is 8.77. The van der Waals surface area contributed by atoms with Crippen LogP contribution in [0.4, 0.5) is 5.13 Å². The monoisotopic (exact) mass is 449 g/mol. The number of hydrogen-bond donors (Lipinski definition) is 1. The normalized spacial score (nSPS) is 16.2. The Kier molecular flexibility index (Phi) is 6.69. The van der Waals surface area contributed by atoms with Crippen LogP contribution in [0.25, 0.3) is 0 Å². The molecule has 0 unspecified atom stereocenters. The number of sulfonamides is 1. The number of hydrogen-bond acceptors (Lipinski definition) is 5. The van der Waals surface area contributed by atoms with Gasteiger partial charge < -0.3 is 5.32 Å². The molecule has 1 aromatic heterocycles. The predicted molar refractivity (Wildman–Crippen MR) is 122 cm³/mol. The summed E-state index contributed by atoms with van der Waals surface area (Å²) in [5.41, 5.74) is 4.55. The van der Waals surface area contributed by atoms with E-state index in [1.807, 2.05) is 39.1 Å². The Hall–Kier alpha value is -1.77. The number of benzene rings is 1. The van der Waals surface area contributed by atoms with E-state index < -0.39 is 10.0 Å². The fraction of sp³-hybridized carbons (Fsp3) is 0.545. The van der Waals surface area contributed by atoms with E-state index in [1.54, 1.807) is 0 Å². The molecule has 1 aromatic carbocycles. The fourth-order valence-electron chi connectivity index (χ4n) is 3.87. The van der Waals surface area contributed by atoms with Gasteiger partial charge in [0.2, 0.25) is 15.9 Å². The lowest BCUT2D eigenvalue weighted by Crippen LogP contribution is -2.41. The number of piperidine rings is 1. The number of carbonyl (C=O) groups excluding carboxylic acids is 1. The van der Waals surface area contributed by atoms with E-state index in [4.69, 9.17) is 0 Å². The van der Waals surface area contributed by atoms with Gasteiger partial charge in [0.1, 0.15) is 0 Å². The molecular weight excluding hydrogens is 418 g/mol. The highest BCUT2D eigenvalue weighted by atomic mass is 32.2. The molecule has 2 aromatic rings. The van der Waals surface area contributed by atoms with E-state index in [9.17, 15) is 13.2 Å². The SMILES string of the molecule is Cc1cc(C)c(C)c(S(=O)(=O)N2CCC(C(=O)Nc3nc(C(C)C)cs3)CC2)c1C. The molecule has 1 fully saturated rings. The lowest BCUT2D eigenvalue weighted by atomic mass is 9.97. The maximum atomic E-state index is 13.4. The molecule has 1 aliphatic rings. The van der Waals surface area contributed by atoms with Gasteiger partial charge in [-0.25, -0.2) is 13.4 Å². The van der Waals surface area contributed by atoms with Crippen molar-refractivity contribution in [1.82, 2.24) is 9.29 Å². The van der Waals surface area contributed by atoms with E-state index in [0.29, 0.717) is 41.9 Å². The highest BCUT2D eigenvalue weighted by Gasteiger charge is 2.34. The molecule has 0 aliphatic carbocycles. The second-order valence-electron chi connectivity index (χ2n) is 8.49. The number of nitrogens with one attached hydrogen (secondary N) is 1. The van der Waals surface area contributed by atoms with Gasteiger partial charge in [0, 0.05) is 24.4 Å². The number of thiazole rings is 1. The number of rotatable bonds is 5. The van der Waals surface area contributed by atoms with Crippen LogP contribution in [0, 0.1) is 33.6 Å². The van der Waals surface area contributed by atoms with Crippen LogP contribution in [-0.2, 0) is 14.8 Å². The number of anilines is 1. The molecule has 1 aliphatic heterocycles. The zero-order chi connectivity index (χ0) is 22.2. The maximum Gasteiger partial charge on any atom is 0.243 e. The van der Waals surface area contributed by atoms with Crippen LogP contribution < -0.4 is 5.32 Å². The van der Waals surface area contributed by atoms with Crippen molar-refractivity contribution in [2.45, 2.75) is 65.2 Å². The Morgan fingerprint density at radius 2 is 1.70 bits per heavy atom. The van der Waals surface area contributed by atoms with Crippen molar-refractivity contribution in [2.75, 3.05) is 18.4 Å². The Balaban J connectivity index is 1.70. The van der Waals surface area contributed by atoms with Crippen molar-refractivity contribution in [2.24, 2.45) is 5.92 Å². The molecule has 0 atom stereocenters. The summed E-state index contributed by atoms with van der Waals surface area (Å²) in [7, 11) is -3.59. The van der Waals surface area contributed by atoms with Gasteiger partial charge in [0.05, 0.1) is 10.6 Å². The summed E-state index contributed by atoms with van der Waals surface area (Å²) < 4.78 is 28.3. The van der Waals surface area contributed by atoms with E-state index >= 15 is 0 Å². The Morgan fingerprint density at radius 3 is 2.20 bits per heavy atom. The van der Waals surface area contributed by atoms with E-state index in [2.05, 4.69) is 24.1 Å². The number of aromatic nitrogens is 1. The van der Waals surface area contributed by atoms with Crippen LogP contribution in [0.1, 0.15) is 60.6 Å². The third-order valence-corrected chi connectivity index (χ3v) is 9.01. The molecule has 1 amide bonds. The minimum atomic E-state index is -3.59. The van der Waals surface area contributed by atoms with Crippen LogP contribution in [-0.4, -0.2) is 36.7 Å². The lowest BCUT2D eigenvalue weighted by Gasteiger charge is -2.31. The fourth-order valence-corrected chi connectivity index (χ4v) is 6.79. The molecule has 8 heteroatoms. The van der Waals surface area contributed by atoms with Gasteiger partial charge in [-0.3, -0.25) is 4.79 Å². The summed E-state index contributed by atoms with van der Waals surface area (Å²) >= 11 is 1.43. The van der Waals surface area contributed by atoms with Crippen LogP contribution in [0.2, 0.25) is 0 Å². The van der Waals surface area contributed by atoms with Crippen molar-refractivity contribution in [1.29, 1.82) is 0 Å². The van der Waals surface area contributed by atoms with Gasteiger partial charge in [0.15, 0.2) is 5.13 Å². The third-order valence-electron chi connectivity index (χ3n) is 6.06. The largest absolute Gasteiger partial charge is 0.302 e. The zero-order valence-corrected chi connectivity index (χ0v) is 20.2. The Morgan fingerprint density at radius 1 is 1.13 bits per heavy atom. The Bertz CT molecular complexity index is 1020. The standard InChI is InChI=1S/C22H31N3O3S2/c1-13(2)19-12-29-22(23-19)24-21(26)18-7-9-25(10-8-18)30(27,28)20-16(5)14(3)11-15(4)17(20)6/h11-13,18H,7-10H2,1-6H3,(H,23,24,26). The molecule has 0 saturated carbocycles. The highest BCUT2D eigenvalue weighted by Crippen LogP contribution is 2.31. The van der Waals surface area contributed by atoms with Crippen LogP contribution in [0.15, 0.2) is 16.3 Å². The molecule has 0 spiro atoms. The van der Waals surface area contributed by atoms with Crippen LogP contribution in [0.5, 0.6) is 0 Å². The van der Waals surface area contributed by atoms with E-state index in [-0.39, 0.29) is 11.8 Å². The molecule has 0 bridgehead atoms. The first kappa shape index (κ1) is 22.9. The van der Waals surface area contributed by atoms with E-state index in [0.717, 1.165) is 27.9 Å². The average molecular weight is 450 g/mol. The summed E-state index contributed by atoms with van der Waals surface area (Å²) in [5, 5.41) is 5.48. The van der Waals surface area contributed by atoms with Crippen LogP contribution >= 0.6 is 11.3 Å². The topological polar surface area (TPSA) is 79.4 Å². The molecule has 3 rings (SSSR count). The number of aryl methyl sites for hydroxylation is 2. The molecule has 1 saturated heterocycles. The second-order valence-corrected chi connectivity index (χ2v) is 11.2. The summed E-state index contributed by atoms with van der Waals surface area (Å²) in [6.45, 7) is 12.5. The first-order valence-corrected chi connectivity index (χ1v) is 12.7. The summed E-state index contributed by atoms with van der Waals surface area (Å²) in [4.78, 5) is 17.5. The van der Waals surface area contributed by atoms with Crippen molar-refractivity contribution < 1.29 is 13.2 Å². The van der Waals surface area contributed by atoms with Crippen molar-refractivity contribution in [3.8, 4) is 0 Å². The number of carbonyl (C=O) groups is 1. The van der Waals surface area contributed by atoms with Gasteiger partial charge in [0.25, 0.3) is 0 Å². The number of nitrogens with zero attached hydrogens (tertiary/aromatic N) is 2. The quantitative estimate of drug-likeness (QED) is 0.727. The molecule has 1 N–H and O–H groups in total. The van der Waals surface area contributed by atoms with Gasteiger partial charge in [-0.2, -0.15) is 4.31 Å².